The van der Waals surface area contributed by atoms with Gasteiger partial charge >= 0.3 is 0 Å². The summed E-state index contributed by atoms with van der Waals surface area (Å²) in [6, 6.07) is 9.81. The van der Waals surface area contributed by atoms with Gasteiger partial charge in [0.1, 0.15) is 17.2 Å². The van der Waals surface area contributed by atoms with Gasteiger partial charge in [-0.05, 0) is 31.2 Å². The fourth-order valence-corrected chi connectivity index (χ4v) is 2.61. The van der Waals surface area contributed by atoms with Crippen LogP contribution >= 0.6 is 0 Å². The lowest BCUT2D eigenvalue weighted by Crippen LogP contribution is -2.01. The van der Waals surface area contributed by atoms with Gasteiger partial charge in [0.15, 0.2) is 11.6 Å². The highest BCUT2D eigenvalue weighted by atomic mass is 19.1. The normalized spacial score (nSPS) is 10.8. The summed E-state index contributed by atoms with van der Waals surface area (Å²) in [6.45, 7) is 1.80. The first kappa shape index (κ1) is 15.8. The number of aryl methyl sites for hydroxylation is 1. The molecule has 0 saturated heterocycles. The third kappa shape index (κ3) is 3.12. The molecular formula is C18H15FN6O. The zero-order valence-corrected chi connectivity index (χ0v) is 13.8. The maximum Gasteiger partial charge on any atom is 0.222 e. The highest BCUT2D eigenvalue weighted by molar-refractivity contribution is 5.82. The summed E-state index contributed by atoms with van der Waals surface area (Å²) in [7, 11) is 0. The van der Waals surface area contributed by atoms with E-state index in [-0.39, 0.29) is 11.7 Å². The Morgan fingerprint density at radius 3 is 2.81 bits per heavy atom. The number of fused-ring (bicyclic) bond motifs is 1. The average molecular weight is 350 g/mol. The highest BCUT2D eigenvalue weighted by Crippen LogP contribution is 2.31. The number of aromatic amines is 1. The molecular weight excluding hydrogens is 335 g/mol. The topological polar surface area (TPSA) is 102 Å². The molecule has 0 aliphatic carbocycles. The largest absolute Gasteiger partial charge is 0.453 e. The van der Waals surface area contributed by atoms with Crippen molar-refractivity contribution in [2.75, 3.05) is 11.1 Å². The van der Waals surface area contributed by atoms with Gasteiger partial charge in [-0.1, -0.05) is 0 Å². The Balaban J connectivity index is 1.59. The monoisotopic (exact) mass is 350 g/mol. The van der Waals surface area contributed by atoms with Gasteiger partial charge in [0.2, 0.25) is 5.95 Å². The van der Waals surface area contributed by atoms with Crippen molar-refractivity contribution in [2.45, 2.75) is 6.92 Å². The van der Waals surface area contributed by atoms with E-state index in [0.29, 0.717) is 28.6 Å². The van der Waals surface area contributed by atoms with Crippen LogP contribution in [0.3, 0.4) is 0 Å². The number of hydrogen-bond donors (Lipinski definition) is 3. The molecule has 0 fully saturated rings. The molecule has 0 bridgehead atoms. The molecule has 0 aliphatic rings. The van der Waals surface area contributed by atoms with Crippen molar-refractivity contribution in [3.63, 3.8) is 0 Å². The number of nitrogen functional groups attached to an aromatic ring is 1. The number of benzene rings is 1. The number of anilines is 3. The van der Waals surface area contributed by atoms with Crippen LogP contribution in [0.25, 0.3) is 11.0 Å². The summed E-state index contributed by atoms with van der Waals surface area (Å²) in [5.41, 5.74) is 7.54. The Bertz CT molecular complexity index is 1070. The molecule has 4 aromatic rings. The molecule has 7 nitrogen and oxygen atoms in total. The molecule has 4 rings (SSSR count). The highest BCUT2D eigenvalue weighted by Gasteiger charge is 2.10. The Kier molecular flexibility index (Phi) is 3.85. The van der Waals surface area contributed by atoms with E-state index in [9.17, 15) is 4.39 Å². The van der Waals surface area contributed by atoms with Crippen LogP contribution in [0.5, 0.6) is 11.5 Å². The molecule has 0 unspecified atom stereocenters. The Morgan fingerprint density at radius 1 is 1.12 bits per heavy atom. The minimum atomic E-state index is -0.505. The van der Waals surface area contributed by atoms with Crippen LogP contribution in [-0.2, 0) is 0 Å². The standard InChI is InChI=1S/C18H15FN6O/c1-10-8-16(25-18(20)23-10)24-11-2-3-15(13(19)9-11)26-14-5-7-22-17-12(14)4-6-21-17/h2-9H,1H3,(H,21,22)(H3,20,23,24,25). The number of nitrogens with one attached hydrogen (secondary N) is 2. The Labute approximate surface area is 148 Å². The summed E-state index contributed by atoms with van der Waals surface area (Å²) < 4.78 is 20.2. The van der Waals surface area contributed by atoms with E-state index in [0.717, 1.165) is 5.39 Å². The van der Waals surface area contributed by atoms with Crippen molar-refractivity contribution < 1.29 is 9.13 Å². The van der Waals surface area contributed by atoms with E-state index in [1.54, 1.807) is 43.6 Å². The maximum atomic E-state index is 14.5. The lowest BCUT2D eigenvalue weighted by atomic mass is 10.2. The van der Waals surface area contributed by atoms with Crippen molar-refractivity contribution in [1.29, 1.82) is 0 Å². The number of H-pyrrole nitrogens is 1. The molecule has 0 amide bonds. The van der Waals surface area contributed by atoms with E-state index in [2.05, 4.69) is 25.3 Å². The summed E-state index contributed by atoms with van der Waals surface area (Å²) in [4.78, 5) is 15.2. The summed E-state index contributed by atoms with van der Waals surface area (Å²) in [6.07, 6.45) is 3.35. The van der Waals surface area contributed by atoms with Crippen molar-refractivity contribution in [3.05, 3.63) is 60.3 Å². The second-order valence-electron chi connectivity index (χ2n) is 5.67. The zero-order chi connectivity index (χ0) is 18.1. The number of hydrogen-bond acceptors (Lipinski definition) is 6. The maximum absolute atomic E-state index is 14.5. The number of rotatable bonds is 4. The SMILES string of the molecule is Cc1cc(Nc2ccc(Oc3ccnc4[nH]ccc34)c(F)c2)nc(N)n1. The van der Waals surface area contributed by atoms with Gasteiger partial charge in [-0.2, -0.15) is 4.98 Å². The third-order valence-corrected chi connectivity index (χ3v) is 3.72. The first-order valence-electron chi connectivity index (χ1n) is 7.86. The summed E-state index contributed by atoms with van der Waals surface area (Å²) in [5, 5.41) is 3.78. The number of nitrogens with two attached hydrogens (primary N) is 1. The van der Waals surface area contributed by atoms with Gasteiger partial charge in [0.25, 0.3) is 0 Å². The number of ether oxygens (including phenoxy) is 1. The molecule has 0 atom stereocenters. The smallest absolute Gasteiger partial charge is 0.222 e. The molecule has 0 radical (unpaired) electrons. The van der Waals surface area contributed by atoms with Crippen molar-refractivity contribution in [3.8, 4) is 11.5 Å². The van der Waals surface area contributed by atoms with E-state index in [1.165, 1.54) is 6.07 Å². The third-order valence-electron chi connectivity index (χ3n) is 3.72. The second-order valence-corrected chi connectivity index (χ2v) is 5.67. The number of halogens is 1. The van der Waals surface area contributed by atoms with E-state index >= 15 is 0 Å². The number of aromatic nitrogens is 4. The molecule has 26 heavy (non-hydrogen) atoms. The predicted octanol–water partition coefficient (Wildman–Crippen LogP) is 3.92. The van der Waals surface area contributed by atoms with Crippen molar-refractivity contribution >= 4 is 28.5 Å². The number of nitrogens with zero attached hydrogens (tertiary/aromatic N) is 3. The van der Waals surface area contributed by atoms with Crippen LogP contribution in [0.15, 0.2) is 48.8 Å². The van der Waals surface area contributed by atoms with Gasteiger partial charge in [-0.3, -0.25) is 0 Å². The Morgan fingerprint density at radius 2 is 2.00 bits per heavy atom. The van der Waals surface area contributed by atoms with Crippen LogP contribution in [-0.4, -0.2) is 19.9 Å². The lowest BCUT2D eigenvalue weighted by molar-refractivity contribution is 0.446. The summed E-state index contributed by atoms with van der Waals surface area (Å²) >= 11 is 0. The number of pyridine rings is 1. The minimum Gasteiger partial charge on any atom is -0.453 e. The van der Waals surface area contributed by atoms with Crippen LogP contribution in [0, 0.1) is 12.7 Å². The minimum absolute atomic E-state index is 0.114. The van der Waals surface area contributed by atoms with Crippen molar-refractivity contribution in [2.24, 2.45) is 0 Å². The van der Waals surface area contributed by atoms with Gasteiger partial charge < -0.3 is 20.8 Å². The van der Waals surface area contributed by atoms with Crippen LogP contribution < -0.4 is 15.8 Å². The van der Waals surface area contributed by atoms with Gasteiger partial charge in [-0.15, -0.1) is 0 Å². The molecule has 4 N–H and O–H groups in total. The molecule has 130 valence electrons. The summed E-state index contributed by atoms with van der Waals surface area (Å²) in [5.74, 6) is 0.777. The zero-order valence-electron chi connectivity index (χ0n) is 13.8. The van der Waals surface area contributed by atoms with E-state index in [4.69, 9.17) is 10.5 Å². The molecule has 1 aromatic carbocycles. The van der Waals surface area contributed by atoms with Crippen LogP contribution in [0.4, 0.5) is 21.8 Å². The molecule has 3 heterocycles. The quantitative estimate of drug-likeness (QED) is 0.516. The molecule has 3 aromatic heterocycles. The first-order valence-corrected chi connectivity index (χ1v) is 7.86. The Hall–Kier alpha value is -3.68. The second kappa shape index (κ2) is 6.32. The molecule has 0 saturated carbocycles. The first-order chi connectivity index (χ1) is 12.6. The molecule has 0 aliphatic heterocycles. The van der Waals surface area contributed by atoms with Crippen molar-refractivity contribution in [1.82, 2.24) is 19.9 Å². The fourth-order valence-electron chi connectivity index (χ4n) is 2.61. The van der Waals surface area contributed by atoms with Gasteiger partial charge in [0.05, 0.1) is 5.39 Å². The van der Waals surface area contributed by atoms with Gasteiger partial charge in [0, 0.05) is 35.9 Å². The van der Waals surface area contributed by atoms with Crippen LogP contribution in [0.2, 0.25) is 0 Å². The average Bonchev–Trinajstić information content (AvgIpc) is 3.06. The van der Waals surface area contributed by atoms with Crippen LogP contribution in [0.1, 0.15) is 5.69 Å². The predicted molar refractivity (Wildman–Crippen MR) is 97.0 cm³/mol. The molecule has 8 heteroatoms. The van der Waals surface area contributed by atoms with Gasteiger partial charge in [-0.25, -0.2) is 14.4 Å². The van der Waals surface area contributed by atoms with E-state index in [1.807, 2.05) is 6.07 Å². The lowest BCUT2D eigenvalue weighted by Gasteiger charge is -2.11. The fraction of sp³-hybridized carbons (Fsp3) is 0.0556. The van der Waals surface area contributed by atoms with E-state index < -0.39 is 5.82 Å². The molecule has 0 spiro atoms.